The van der Waals surface area contributed by atoms with E-state index < -0.39 is 0 Å². The van der Waals surface area contributed by atoms with Crippen molar-refractivity contribution in [2.24, 2.45) is 11.8 Å². The van der Waals surface area contributed by atoms with E-state index in [1.807, 2.05) is 6.07 Å². The van der Waals surface area contributed by atoms with E-state index in [4.69, 9.17) is 0 Å². The van der Waals surface area contributed by atoms with E-state index in [2.05, 4.69) is 17.6 Å². The second-order valence-electron chi connectivity index (χ2n) is 5.98. The van der Waals surface area contributed by atoms with Gasteiger partial charge >= 0.3 is 0 Å². The van der Waals surface area contributed by atoms with Crippen LogP contribution in [0, 0.1) is 11.8 Å². The van der Waals surface area contributed by atoms with Crippen molar-refractivity contribution < 1.29 is 9.59 Å². The molecule has 1 heterocycles. The molecule has 106 valence electrons. The van der Waals surface area contributed by atoms with Crippen LogP contribution in [0.4, 0.5) is 5.69 Å². The summed E-state index contributed by atoms with van der Waals surface area (Å²) in [7, 11) is 0. The normalized spacial score (nSPS) is 24.4. The zero-order valence-corrected chi connectivity index (χ0v) is 11.7. The first-order valence-electron chi connectivity index (χ1n) is 7.34. The molecule has 2 N–H and O–H groups in total. The summed E-state index contributed by atoms with van der Waals surface area (Å²) in [5.74, 6) is 1.26. The van der Waals surface area contributed by atoms with Crippen molar-refractivity contribution in [3.63, 3.8) is 0 Å². The van der Waals surface area contributed by atoms with E-state index in [9.17, 15) is 9.59 Å². The van der Waals surface area contributed by atoms with Crippen molar-refractivity contribution in [3.05, 3.63) is 29.3 Å². The predicted molar refractivity (Wildman–Crippen MR) is 77.6 cm³/mol. The minimum absolute atomic E-state index is 0.00246. The lowest BCUT2D eigenvalue weighted by Crippen LogP contribution is -2.30. The number of hydrogen-bond acceptors (Lipinski definition) is 2. The number of carbonyl (C=O) groups is 2. The molecule has 1 aliphatic carbocycles. The quantitative estimate of drug-likeness (QED) is 0.887. The lowest BCUT2D eigenvalue weighted by atomic mass is 9.98. The highest BCUT2D eigenvalue weighted by atomic mass is 16.2. The Morgan fingerprint density at radius 1 is 1.40 bits per heavy atom. The second kappa shape index (κ2) is 5.27. The smallest absolute Gasteiger partial charge is 0.251 e. The van der Waals surface area contributed by atoms with Gasteiger partial charge in [0.25, 0.3) is 5.91 Å². The molecule has 1 aliphatic heterocycles. The molecule has 4 heteroatoms. The SMILES string of the molecule is CC1CCCC1CNC(=O)c1ccc2c(c1)NC(=O)C2. The van der Waals surface area contributed by atoms with Gasteiger partial charge in [-0.05, 0) is 36.0 Å². The molecule has 0 radical (unpaired) electrons. The van der Waals surface area contributed by atoms with E-state index in [1.54, 1.807) is 12.1 Å². The molecule has 2 atom stereocenters. The Bertz CT molecular complexity index is 553. The zero-order valence-electron chi connectivity index (χ0n) is 11.7. The summed E-state index contributed by atoms with van der Waals surface area (Å²) in [6, 6.07) is 5.43. The van der Waals surface area contributed by atoms with Crippen LogP contribution in [0.1, 0.15) is 42.1 Å². The van der Waals surface area contributed by atoms with Gasteiger partial charge in [0, 0.05) is 17.8 Å². The Morgan fingerprint density at radius 3 is 3.00 bits per heavy atom. The third-order valence-corrected chi connectivity index (χ3v) is 4.56. The summed E-state index contributed by atoms with van der Waals surface area (Å²) in [6.07, 6.45) is 4.16. The molecule has 2 unspecified atom stereocenters. The molecule has 0 saturated heterocycles. The number of anilines is 1. The van der Waals surface area contributed by atoms with Crippen LogP contribution in [0.5, 0.6) is 0 Å². The lowest BCUT2D eigenvalue weighted by Gasteiger charge is -2.16. The van der Waals surface area contributed by atoms with Crippen LogP contribution in [-0.2, 0) is 11.2 Å². The molecule has 0 bridgehead atoms. The van der Waals surface area contributed by atoms with Gasteiger partial charge in [0.05, 0.1) is 6.42 Å². The zero-order chi connectivity index (χ0) is 14.1. The van der Waals surface area contributed by atoms with Gasteiger partial charge in [0.1, 0.15) is 0 Å². The van der Waals surface area contributed by atoms with Crippen molar-refractivity contribution in [1.29, 1.82) is 0 Å². The molecule has 4 nitrogen and oxygen atoms in total. The van der Waals surface area contributed by atoms with Crippen LogP contribution in [0.2, 0.25) is 0 Å². The monoisotopic (exact) mass is 272 g/mol. The van der Waals surface area contributed by atoms with Gasteiger partial charge < -0.3 is 10.6 Å². The fraction of sp³-hybridized carbons (Fsp3) is 0.500. The molecule has 20 heavy (non-hydrogen) atoms. The fourth-order valence-corrected chi connectivity index (χ4v) is 3.21. The lowest BCUT2D eigenvalue weighted by molar-refractivity contribution is -0.115. The van der Waals surface area contributed by atoms with Crippen LogP contribution in [0.25, 0.3) is 0 Å². The molecule has 2 amide bonds. The largest absolute Gasteiger partial charge is 0.352 e. The third kappa shape index (κ3) is 2.55. The van der Waals surface area contributed by atoms with Crippen molar-refractivity contribution in [2.75, 3.05) is 11.9 Å². The first-order valence-corrected chi connectivity index (χ1v) is 7.34. The fourth-order valence-electron chi connectivity index (χ4n) is 3.21. The molecule has 1 aromatic rings. The number of rotatable bonds is 3. The average Bonchev–Trinajstić information content (AvgIpc) is 2.99. The standard InChI is InChI=1S/C16H20N2O2/c1-10-3-2-4-13(10)9-17-16(20)12-6-5-11-8-15(19)18-14(11)7-12/h5-7,10,13H,2-4,8-9H2,1H3,(H,17,20)(H,18,19). The van der Waals surface area contributed by atoms with E-state index in [1.165, 1.54) is 19.3 Å². The molecule has 0 spiro atoms. The summed E-state index contributed by atoms with van der Waals surface area (Å²) in [4.78, 5) is 23.5. The van der Waals surface area contributed by atoms with Gasteiger partial charge in [0.15, 0.2) is 0 Å². The van der Waals surface area contributed by atoms with E-state index in [-0.39, 0.29) is 11.8 Å². The van der Waals surface area contributed by atoms with Crippen LogP contribution in [-0.4, -0.2) is 18.4 Å². The number of hydrogen-bond donors (Lipinski definition) is 2. The van der Waals surface area contributed by atoms with Gasteiger partial charge in [0.2, 0.25) is 5.91 Å². The van der Waals surface area contributed by atoms with Crippen molar-refractivity contribution in [3.8, 4) is 0 Å². The van der Waals surface area contributed by atoms with Gasteiger partial charge in [-0.1, -0.05) is 25.8 Å². The summed E-state index contributed by atoms with van der Waals surface area (Å²) in [5, 5.41) is 5.80. The summed E-state index contributed by atoms with van der Waals surface area (Å²) < 4.78 is 0. The Balaban J connectivity index is 1.63. The Kier molecular flexibility index (Phi) is 3.47. The first-order chi connectivity index (χ1) is 9.63. The maximum Gasteiger partial charge on any atom is 0.251 e. The maximum atomic E-state index is 12.2. The summed E-state index contributed by atoms with van der Waals surface area (Å²) in [6.45, 7) is 3.01. The molecule has 1 aromatic carbocycles. The minimum Gasteiger partial charge on any atom is -0.352 e. The Hall–Kier alpha value is -1.84. The molecular weight excluding hydrogens is 252 g/mol. The van der Waals surface area contributed by atoms with Crippen LogP contribution >= 0.6 is 0 Å². The Morgan fingerprint density at radius 2 is 2.25 bits per heavy atom. The number of carbonyl (C=O) groups excluding carboxylic acids is 2. The van der Waals surface area contributed by atoms with Gasteiger partial charge in [-0.15, -0.1) is 0 Å². The predicted octanol–water partition coefficient (Wildman–Crippen LogP) is 2.35. The highest BCUT2D eigenvalue weighted by molar-refractivity contribution is 6.02. The van der Waals surface area contributed by atoms with Gasteiger partial charge in [-0.2, -0.15) is 0 Å². The second-order valence-corrected chi connectivity index (χ2v) is 5.98. The molecule has 1 fully saturated rings. The maximum absolute atomic E-state index is 12.2. The van der Waals surface area contributed by atoms with Crippen LogP contribution in [0.3, 0.4) is 0 Å². The number of amides is 2. The molecule has 1 saturated carbocycles. The molecule has 0 aromatic heterocycles. The molecular formula is C16H20N2O2. The Labute approximate surface area is 118 Å². The number of benzene rings is 1. The number of nitrogens with one attached hydrogen (secondary N) is 2. The average molecular weight is 272 g/mol. The van der Waals surface area contributed by atoms with Crippen LogP contribution in [0.15, 0.2) is 18.2 Å². The minimum atomic E-state index is -0.0481. The van der Waals surface area contributed by atoms with Crippen molar-refractivity contribution >= 4 is 17.5 Å². The highest BCUT2D eigenvalue weighted by Gasteiger charge is 2.24. The topological polar surface area (TPSA) is 58.2 Å². The number of fused-ring (bicyclic) bond motifs is 1. The summed E-state index contributed by atoms with van der Waals surface area (Å²) in [5.41, 5.74) is 2.37. The van der Waals surface area contributed by atoms with E-state index >= 15 is 0 Å². The van der Waals surface area contributed by atoms with Gasteiger partial charge in [-0.25, -0.2) is 0 Å². The van der Waals surface area contributed by atoms with E-state index in [0.29, 0.717) is 23.8 Å². The first kappa shape index (κ1) is 13.2. The van der Waals surface area contributed by atoms with Gasteiger partial charge in [-0.3, -0.25) is 9.59 Å². The van der Waals surface area contributed by atoms with Crippen LogP contribution < -0.4 is 10.6 Å². The highest BCUT2D eigenvalue weighted by Crippen LogP contribution is 2.30. The summed E-state index contributed by atoms with van der Waals surface area (Å²) >= 11 is 0. The third-order valence-electron chi connectivity index (χ3n) is 4.56. The van der Waals surface area contributed by atoms with E-state index in [0.717, 1.165) is 17.8 Å². The molecule has 2 aliphatic rings. The van der Waals surface area contributed by atoms with Crippen molar-refractivity contribution in [2.45, 2.75) is 32.6 Å². The van der Waals surface area contributed by atoms with Crippen molar-refractivity contribution in [1.82, 2.24) is 5.32 Å². The molecule has 3 rings (SSSR count).